The van der Waals surface area contributed by atoms with Gasteiger partial charge in [-0.25, -0.2) is 9.37 Å². The molecule has 0 radical (unpaired) electrons. The summed E-state index contributed by atoms with van der Waals surface area (Å²) >= 11 is 1.43. The highest BCUT2D eigenvalue weighted by atomic mass is 32.1. The Bertz CT molecular complexity index is 674. The van der Waals surface area contributed by atoms with Crippen molar-refractivity contribution in [3.05, 3.63) is 41.2 Å². The third-order valence-corrected chi connectivity index (χ3v) is 4.58. The highest BCUT2D eigenvalue weighted by Gasteiger charge is 2.24. The molecule has 0 N–H and O–H groups in total. The number of nitrogens with zero attached hydrogens (tertiary/aromatic N) is 2. The minimum atomic E-state index is -0.285. The Labute approximate surface area is 132 Å². The molecule has 1 aliphatic heterocycles. The van der Waals surface area contributed by atoms with Crippen LogP contribution in [0.15, 0.2) is 29.6 Å². The summed E-state index contributed by atoms with van der Waals surface area (Å²) in [5.41, 5.74) is 1.47. The van der Waals surface area contributed by atoms with Crippen LogP contribution in [0.5, 0.6) is 0 Å². The molecule has 1 atom stereocenters. The molecule has 116 valence electrons. The van der Waals surface area contributed by atoms with Crippen LogP contribution in [0, 0.1) is 5.82 Å². The lowest BCUT2D eigenvalue weighted by molar-refractivity contribution is -0.138. The van der Waals surface area contributed by atoms with Crippen molar-refractivity contribution in [1.29, 1.82) is 0 Å². The number of aromatic nitrogens is 1. The fourth-order valence-electron chi connectivity index (χ4n) is 2.50. The minimum absolute atomic E-state index is 0.0619. The van der Waals surface area contributed by atoms with Crippen LogP contribution in [0.3, 0.4) is 0 Å². The van der Waals surface area contributed by atoms with E-state index in [1.807, 2.05) is 23.3 Å². The van der Waals surface area contributed by atoms with Crippen LogP contribution in [0.1, 0.15) is 12.6 Å². The molecule has 0 unspecified atom stereocenters. The van der Waals surface area contributed by atoms with Crippen molar-refractivity contribution >= 4 is 17.2 Å². The van der Waals surface area contributed by atoms with E-state index in [1.165, 1.54) is 23.5 Å². The Morgan fingerprint density at radius 3 is 3.18 bits per heavy atom. The van der Waals surface area contributed by atoms with E-state index < -0.39 is 0 Å². The lowest BCUT2D eigenvalue weighted by atomic mass is 10.2. The van der Waals surface area contributed by atoms with Crippen molar-refractivity contribution in [2.45, 2.75) is 19.4 Å². The van der Waals surface area contributed by atoms with E-state index in [2.05, 4.69) is 4.98 Å². The standard InChI is InChI=1S/C16H17FN2O2S/c1-11-9-21-6-5-19(11)15(20)8-14-10-22-16(18-14)12-3-2-4-13(17)7-12/h2-4,7,10-11H,5-6,8-9H2,1H3/t11-/m1/s1. The molecular weight excluding hydrogens is 303 g/mol. The zero-order valence-electron chi connectivity index (χ0n) is 12.3. The van der Waals surface area contributed by atoms with Crippen LogP contribution in [0.4, 0.5) is 4.39 Å². The van der Waals surface area contributed by atoms with Crippen molar-refractivity contribution in [3.63, 3.8) is 0 Å². The van der Waals surface area contributed by atoms with Crippen LogP contribution in [0.2, 0.25) is 0 Å². The maximum Gasteiger partial charge on any atom is 0.229 e. The van der Waals surface area contributed by atoms with Crippen LogP contribution in [0.25, 0.3) is 10.6 Å². The van der Waals surface area contributed by atoms with Gasteiger partial charge in [0, 0.05) is 17.5 Å². The molecule has 1 saturated heterocycles. The van der Waals surface area contributed by atoms with Gasteiger partial charge in [0.1, 0.15) is 10.8 Å². The van der Waals surface area contributed by atoms with Crippen LogP contribution < -0.4 is 0 Å². The Kier molecular flexibility index (Phi) is 4.49. The minimum Gasteiger partial charge on any atom is -0.377 e. The summed E-state index contributed by atoms with van der Waals surface area (Å²) in [6.07, 6.45) is 0.274. The number of morpholine rings is 1. The second kappa shape index (κ2) is 6.54. The summed E-state index contributed by atoms with van der Waals surface area (Å²) < 4.78 is 18.6. The zero-order valence-corrected chi connectivity index (χ0v) is 13.1. The molecule has 1 amide bonds. The molecule has 0 spiro atoms. The Hall–Kier alpha value is -1.79. The van der Waals surface area contributed by atoms with Gasteiger partial charge in [-0.05, 0) is 19.1 Å². The number of carbonyl (C=O) groups is 1. The first-order valence-corrected chi connectivity index (χ1v) is 8.09. The lowest BCUT2D eigenvalue weighted by Gasteiger charge is -2.33. The molecule has 1 aromatic carbocycles. The van der Waals surface area contributed by atoms with Gasteiger partial charge in [-0.15, -0.1) is 11.3 Å². The van der Waals surface area contributed by atoms with Crippen molar-refractivity contribution < 1.29 is 13.9 Å². The number of ether oxygens (including phenoxy) is 1. The molecule has 1 aliphatic rings. The van der Waals surface area contributed by atoms with E-state index in [0.717, 1.165) is 16.3 Å². The van der Waals surface area contributed by atoms with Crippen LogP contribution in [-0.4, -0.2) is 41.6 Å². The third kappa shape index (κ3) is 3.34. The van der Waals surface area contributed by atoms with Gasteiger partial charge in [-0.2, -0.15) is 0 Å². The van der Waals surface area contributed by atoms with Crippen LogP contribution in [-0.2, 0) is 16.0 Å². The monoisotopic (exact) mass is 320 g/mol. The molecule has 0 bridgehead atoms. The van der Waals surface area contributed by atoms with Gasteiger partial charge < -0.3 is 9.64 Å². The topological polar surface area (TPSA) is 42.4 Å². The number of amides is 1. The Morgan fingerprint density at radius 2 is 2.41 bits per heavy atom. The first kappa shape index (κ1) is 15.1. The Morgan fingerprint density at radius 1 is 1.55 bits per heavy atom. The third-order valence-electron chi connectivity index (χ3n) is 3.64. The van der Waals surface area contributed by atoms with Crippen molar-refractivity contribution in [1.82, 2.24) is 9.88 Å². The average Bonchev–Trinajstić information content (AvgIpc) is 2.96. The first-order chi connectivity index (χ1) is 10.6. The zero-order chi connectivity index (χ0) is 15.5. The molecule has 6 heteroatoms. The number of thiazole rings is 1. The molecule has 4 nitrogen and oxygen atoms in total. The molecule has 2 aromatic rings. The van der Waals surface area contributed by atoms with E-state index in [0.29, 0.717) is 19.8 Å². The fourth-order valence-corrected chi connectivity index (χ4v) is 3.31. The number of carbonyl (C=O) groups excluding carboxylic acids is 1. The highest BCUT2D eigenvalue weighted by Crippen LogP contribution is 2.24. The predicted octanol–water partition coefficient (Wildman–Crippen LogP) is 2.74. The van der Waals surface area contributed by atoms with Gasteiger partial charge in [0.05, 0.1) is 31.4 Å². The highest BCUT2D eigenvalue weighted by molar-refractivity contribution is 7.13. The number of benzene rings is 1. The van der Waals surface area contributed by atoms with E-state index in [-0.39, 0.29) is 24.2 Å². The van der Waals surface area contributed by atoms with E-state index >= 15 is 0 Å². The smallest absolute Gasteiger partial charge is 0.229 e. The SMILES string of the molecule is C[C@@H]1COCCN1C(=O)Cc1csc(-c2cccc(F)c2)n1. The second-order valence-corrected chi connectivity index (χ2v) is 6.20. The van der Waals surface area contributed by atoms with Gasteiger partial charge in [-0.3, -0.25) is 4.79 Å². The average molecular weight is 320 g/mol. The molecule has 1 fully saturated rings. The molecule has 2 heterocycles. The summed E-state index contributed by atoms with van der Waals surface area (Å²) in [4.78, 5) is 18.6. The maximum atomic E-state index is 13.3. The number of halogens is 1. The van der Waals surface area contributed by atoms with E-state index in [9.17, 15) is 9.18 Å². The molecule has 22 heavy (non-hydrogen) atoms. The number of hydrogen-bond acceptors (Lipinski definition) is 4. The van der Waals surface area contributed by atoms with Crippen molar-refractivity contribution in [2.75, 3.05) is 19.8 Å². The number of rotatable bonds is 3. The summed E-state index contributed by atoms with van der Waals surface area (Å²) in [7, 11) is 0. The Balaban J connectivity index is 1.70. The normalized spacial score (nSPS) is 18.5. The number of hydrogen-bond donors (Lipinski definition) is 0. The summed E-state index contributed by atoms with van der Waals surface area (Å²) in [5, 5.41) is 2.60. The van der Waals surface area contributed by atoms with E-state index in [1.54, 1.807) is 6.07 Å². The first-order valence-electron chi connectivity index (χ1n) is 7.21. The largest absolute Gasteiger partial charge is 0.377 e. The molecule has 0 aliphatic carbocycles. The van der Waals surface area contributed by atoms with Gasteiger partial charge in [-0.1, -0.05) is 12.1 Å². The van der Waals surface area contributed by atoms with Crippen LogP contribution >= 0.6 is 11.3 Å². The molecule has 1 aromatic heterocycles. The predicted molar refractivity (Wildman–Crippen MR) is 83.2 cm³/mol. The fraction of sp³-hybridized carbons (Fsp3) is 0.375. The second-order valence-electron chi connectivity index (χ2n) is 5.34. The van der Waals surface area contributed by atoms with Crippen molar-refractivity contribution in [3.8, 4) is 10.6 Å². The molecule has 0 saturated carbocycles. The van der Waals surface area contributed by atoms with Gasteiger partial charge in [0.15, 0.2) is 0 Å². The van der Waals surface area contributed by atoms with Gasteiger partial charge in [0.2, 0.25) is 5.91 Å². The quantitative estimate of drug-likeness (QED) is 0.873. The van der Waals surface area contributed by atoms with Crippen molar-refractivity contribution in [2.24, 2.45) is 0 Å². The maximum absolute atomic E-state index is 13.3. The summed E-state index contributed by atoms with van der Waals surface area (Å²) in [6, 6.07) is 6.43. The summed E-state index contributed by atoms with van der Waals surface area (Å²) in [6.45, 7) is 3.77. The van der Waals surface area contributed by atoms with Gasteiger partial charge in [0.25, 0.3) is 0 Å². The molecule has 3 rings (SSSR count). The van der Waals surface area contributed by atoms with Gasteiger partial charge >= 0.3 is 0 Å². The lowest BCUT2D eigenvalue weighted by Crippen LogP contribution is -2.47. The summed E-state index contributed by atoms with van der Waals surface area (Å²) in [5.74, 6) is -0.223. The van der Waals surface area contributed by atoms with E-state index in [4.69, 9.17) is 4.74 Å². The molecular formula is C16H17FN2O2S.